The minimum atomic E-state index is -4.59. The van der Waals surface area contributed by atoms with E-state index in [4.69, 9.17) is 18.9 Å². The lowest BCUT2D eigenvalue weighted by Crippen LogP contribution is -2.26. The summed E-state index contributed by atoms with van der Waals surface area (Å²) in [6.45, 7) is 4.76. The predicted molar refractivity (Wildman–Crippen MR) is 94.3 cm³/mol. The maximum atomic E-state index is 13.2. The maximum Gasteiger partial charge on any atom is 0.513 e. The van der Waals surface area contributed by atoms with Crippen molar-refractivity contribution in [2.24, 2.45) is 0 Å². The van der Waals surface area contributed by atoms with E-state index in [9.17, 15) is 22.8 Å². The molecule has 1 atom stereocenters. The zero-order valence-corrected chi connectivity index (χ0v) is 16.0. The quantitative estimate of drug-likeness (QED) is 0.691. The number of carbonyl (C=O) groups excluding carboxylic acids is 2. The number of hydrogen-bond acceptors (Lipinski definition) is 7. The molecule has 10 heteroatoms. The molecule has 0 saturated carbocycles. The molecule has 1 aromatic carbocycles. The minimum Gasteiger partial charge on any atom is -0.434 e. The normalized spacial score (nSPS) is 16.5. The number of ether oxygens (including phenoxy) is 4. The van der Waals surface area contributed by atoms with Crippen molar-refractivity contribution in [2.75, 3.05) is 13.2 Å². The van der Waals surface area contributed by atoms with E-state index >= 15 is 0 Å². The number of dihydropyridines is 1. The van der Waals surface area contributed by atoms with E-state index in [1.807, 2.05) is 0 Å². The molecule has 0 fully saturated rings. The smallest absolute Gasteiger partial charge is 0.434 e. The third kappa shape index (κ3) is 5.66. The number of nitrogens with one attached hydrogen (secondary N) is 1. The van der Waals surface area contributed by atoms with Crippen molar-refractivity contribution < 1.29 is 41.7 Å². The molecule has 1 aromatic rings. The van der Waals surface area contributed by atoms with Crippen molar-refractivity contribution in [1.29, 1.82) is 0 Å². The molecule has 7 nitrogen and oxygen atoms in total. The van der Waals surface area contributed by atoms with E-state index in [2.05, 4.69) is 5.32 Å². The number of rotatable bonds is 5. The lowest BCUT2D eigenvalue weighted by molar-refractivity contribution is -0.137. The van der Waals surface area contributed by atoms with Crippen LogP contribution in [0.2, 0.25) is 0 Å². The number of hydrogen-bond donors (Lipinski definition) is 1. The lowest BCUT2D eigenvalue weighted by Gasteiger charge is -2.28. The van der Waals surface area contributed by atoms with Crippen LogP contribution in [-0.4, -0.2) is 25.5 Å². The van der Waals surface area contributed by atoms with Crippen molar-refractivity contribution in [3.63, 3.8) is 0 Å². The third-order valence-electron chi connectivity index (χ3n) is 3.81. The minimum absolute atomic E-state index is 0.0365. The van der Waals surface area contributed by atoms with Crippen LogP contribution in [0.5, 0.6) is 0 Å². The van der Waals surface area contributed by atoms with Gasteiger partial charge < -0.3 is 24.3 Å². The van der Waals surface area contributed by atoms with Gasteiger partial charge in [0.15, 0.2) is 0 Å². The van der Waals surface area contributed by atoms with Crippen LogP contribution in [-0.2, 0) is 25.1 Å². The van der Waals surface area contributed by atoms with E-state index in [-0.39, 0.29) is 30.3 Å². The highest BCUT2D eigenvalue weighted by Crippen LogP contribution is 2.39. The Morgan fingerprint density at radius 1 is 1.07 bits per heavy atom. The molecule has 1 heterocycles. The lowest BCUT2D eigenvalue weighted by atomic mass is 9.91. The summed E-state index contributed by atoms with van der Waals surface area (Å²) in [5.74, 6) is -1.29. The Bertz CT molecular complexity index is 831. The molecular weight excluding hydrogens is 395 g/mol. The SMILES string of the molecule is CCOC(=O)OC1=CNC(C)=C(OC(=O)OCC)C1c1cccc(C(F)(F)F)c1. The Hall–Kier alpha value is -3.17. The Morgan fingerprint density at radius 3 is 2.28 bits per heavy atom. The fourth-order valence-corrected chi connectivity index (χ4v) is 2.59. The van der Waals surface area contributed by atoms with Crippen LogP contribution in [0.3, 0.4) is 0 Å². The molecule has 1 aliphatic heterocycles. The average molecular weight is 415 g/mol. The molecule has 1 N–H and O–H groups in total. The first-order valence-electron chi connectivity index (χ1n) is 8.71. The number of allylic oxidation sites excluding steroid dienone is 1. The molecule has 2 rings (SSSR count). The third-order valence-corrected chi connectivity index (χ3v) is 3.81. The molecule has 0 spiro atoms. The van der Waals surface area contributed by atoms with Crippen molar-refractivity contribution >= 4 is 12.3 Å². The second kappa shape index (κ2) is 9.35. The summed E-state index contributed by atoms with van der Waals surface area (Å²) < 4.78 is 59.4. The van der Waals surface area contributed by atoms with Gasteiger partial charge in [0.05, 0.1) is 24.5 Å². The summed E-state index contributed by atoms with van der Waals surface area (Å²) in [7, 11) is 0. The number of halogens is 3. The van der Waals surface area contributed by atoms with Crippen LogP contribution in [0.15, 0.2) is 47.7 Å². The van der Waals surface area contributed by atoms with Gasteiger partial charge in [0.25, 0.3) is 0 Å². The molecule has 0 radical (unpaired) electrons. The summed E-state index contributed by atoms with van der Waals surface area (Å²) in [6.07, 6.45) is -5.39. The second-order valence-electron chi connectivity index (χ2n) is 5.81. The molecule has 0 aromatic heterocycles. The van der Waals surface area contributed by atoms with Crippen LogP contribution in [0.1, 0.15) is 37.8 Å². The molecular formula is C19H20F3NO6. The van der Waals surface area contributed by atoms with E-state index in [0.717, 1.165) is 12.1 Å². The van der Waals surface area contributed by atoms with Gasteiger partial charge in [0, 0.05) is 6.20 Å². The fourth-order valence-electron chi connectivity index (χ4n) is 2.59. The highest BCUT2D eigenvalue weighted by atomic mass is 19.4. The highest BCUT2D eigenvalue weighted by Gasteiger charge is 2.36. The van der Waals surface area contributed by atoms with Crippen molar-refractivity contribution in [1.82, 2.24) is 5.32 Å². The first kappa shape index (κ1) is 22.1. The van der Waals surface area contributed by atoms with E-state index in [1.54, 1.807) is 20.8 Å². The Labute approximate surface area is 165 Å². The largest absolute Gasteiger partial charge is 0.513 e. The fraction of sp³-hybridized carbons (Fsp3) is 0.368. The zero-order valence-electron chi connectivity index (χ0n) is 16.0. The summed E-state index contributed by atoms with van der Waals surface area (Å²) >= 11 is 0. The molecule has 1 unspecified atom stereocenters. The van der Waals surface area contributed by atoms with Gasteiger partial charge in [-0.15, -0.1) is 0 Å². The molecule has 0 bridgehead atoms. The van der Waals surface area contributed by atoms with Gasteiger partial charge in [0.2, 0.25) is 0 Å². The van der Waals surface area contributed by atoms with Gasteiger partial charge >= 0.3 is 18.5 Å². The number of carbonyl (C=O) groups is 2. The van der Waals surface area contributed by atoms with Gasteiger partial charge in [-0.25, -0.2) is 9.59 Å². The van der Waals surface area contributed by atoms with Crippen LogP contribution in [0.25, 0.3) is 0 Å². The van der Waals surface area contributed by atoms with Crippen molar-refractivity contribution in [3.8, 4) is 0 Å². The molecule has 29 heavy (non-hydrogen) atoms. The first-order chi connectivity index (χ1) is 13.7. The molecule has 158 valence electrons. The predicted octanol–water partition coefficient (Wildman–Crippen LogP) is 4.81. The van der Waals surface area contributed by atoms with Gasteiger partial charge in [-0.2, -0.15) is 13.2 Å². The number of benzene rings is 1. The maximum absolute atomic E-state index is 13.2. The van der Waals surface area contributed by atoms with E-state index in [0.29, 0.717) is 5.70 Å². The average Bonchev–Trinajstić information content (AvgIpc) is 2.64. The molecule has 1 aliphatic rings. The van der Waals surface area contributed by atoms with Crippen LogP contribution in [0, 0.1) is 0 Å². The van der Waals surface area contributed by atoms with Gasteiger partial charge in [-0.05, 0) is 32.4 Å². The van der Waals surface area contributed by atoms with Gasteiger partial charge in [-0.1, -0.05) is 18.2 Å². The van der Waals surface area contributed by atoms with Crippen LogP contribution in [0.4, 0.5) is 22.8 Å². The topological polar surface area (TPSA) is 83.1 Å². The monoisotopic (exact) mass is 415 g/mol. The van der Waals surface area contributed by atoms with E-state index < -0.39 is 30.0 Å². The van der Waals surface area contributed by atoms with Crippen molar-refractivity contribution in [3.05, 3.63) is 58.8 Å². The molecule has 0 amide bonds. The van der Waals surface area contributed by atoms with Gasteiger partial charge in [0.1, 0.15) is 17.4 Å². The van der Waals surface area contributed by atoms with Crippen LogP contribution < -0.4 is 5.32 Å². The van der Waals surface area contributed by atoms with Crippen molar-refractivity contribution in [2.45, 2.75) is 32.9 Å². The molecule has 0 saturated heterocycles. The van der Waals surface area contributed by atoms with Crippen LogP contribution >= 0.6 is 0 Å². The Kier molecular flexibility index (Phi) is 7.13. The molecule has 0 aliphatic carbocycles. The second-order valence-corrected chi connectivity index (χ2v) is 5.81. The van der Waals surface area contributed by atoms with Gasteiger partial charge in [-0.3, -0.25) is 0 Å². The zero-order chi connectivity index (χ0) is 21.6. The first-order valence-corrected chi connectivity index (χ1v) is 8.71. The standard InChI is InChI=1S/C19H20F3NO6/c1-4-26-17(24)28-14-10-23-11(3)16(29-18(25)27-5-2)15(14)12-7-6-8-13(9-12)19(20,21)22/h6-10,15,23H,4-5H2,1-3H3. The summed E-state index contributed by atoms with van der Waals surface area (Å²) in [6, 6.07) is 4.40. The Morgan fingerprint density at radius 2 is 1.69 bits per heavy atom. The highest BCUT2D eigenvalue weighted by molar-refractivity contribution is 5.64. The Balaban J connectivity index is 2.49. The summed E-state index contributed by atoms with van der Waals surface area (Å²) in [5, 5.41) is 2.75. The van der Waals surface area contributed by atoms with E-state index in [1.165, 1.54) is 18.3 Å². The number of alkyl halides is 3. The summed E-state index contributed by atoms with van der Waals surface area (Å²) in [5.41, 5.74) is -0.482. The summed E-state index contributed by atoms with van der Waals surface area (Å²) in [4.78, 5) is 23.6.